The molecule has 3 rings (SSSR count). The van der Waals surface area contributed by atoms with Crippen molar-refractivity contribution in [2.45, 2.75) is 51.0 Å². The number of nitrogens with zero attached hydrogens (tertiary/aromatic N) is 1. The predicted octanol–water partition coefficient (Wildman–Crippen LogP) is 1.90. The lowest BCUT2D eigenvalue weighted by molar-refractivity contribution is -0.161. The Hall–Kier alpha value is -1.10. The van der Waals surface area contributed by atoms with E-state index in [0.29, 0.717) is 13.2 Å². The summed E-state index contributed by atoms with van der Waals surface area (Å²) in [6.45, 7) is 1.08. The molecule has 1 saturated heterocycles. The van der Waals surface area contributed by atoms with E-state index in [9.17, 15) is 9.59 Å². The highest BCUT2D eigenvalue weighted by atomic mass is 16.5. The largest absolute Gasteiger partial charge is 0.479 e. The van der Waals surface area contributed by atoms with Crippen molar-refractivity contribution in [1.29, 1.82) is 0 Å². The number of rotatable bonds is 2. The number of ether oxygens (including phenoxy) is 1. The van der Waals surface area contributed by atoms with Crippen molar-refractivity contribution in [2.75, 3.05) is 19.7 Å². The summed E-state index contributed by atoms with van der Waals surface area (Å²) < 4.78 is 5.20. The highest BCUT2D eigenvalue weighted by molar-refractivity contribution is 5.80. The Morgan fingerprint density at radius 1 is 1.05 bits per heavy atom. The molecular formula is C16H25NO4. The first-order chi connectivity index (χ1) is 10.1. The van der Waals surface area contributed by atoms with E-state index in [1.54, 1.807) is 4.90 Å². The van der Waals surface area contributed by atoms with E-state index < -0.39 is 12.1 Å². The van der Waals surface area contributed by atoms with Crippen LogP contribution in [0.4, 0.5) is 0 Å². The molecule has 5 heteroatoms. The molecule has 0 aromatic heterocycles. The van der Waals surface area contributed by atoms with Gasteiger partial charge in [-0.05, 0) is 31.1 Å². The van der Waals surface area contributed by atoms with Crippen molar-refractivity contribution >= 4 is 11.9 Å². The van der Waals surface area contributed by atoms with Crippen molar-refractivity contribution in [3.05, 3.63) is 0 Å². The van der Waals surface area contributed by atoms with Gasteiger partial charge in [0.2, 0.25) is 5.91 Å². The molecule has 4 atom stereocenters. The maximum Gasteiger partial charge on any atom is 0.334 e. The minimum Gasteiger partial charge on any atom is -0.479 e. The van der Waals surface area contributed by atoms with Gasteiger partial charge < -0.3 is 14.7 Å². The number of hydrogen-bond acceptors (Lipinski definition) is 3. The SMILES string of the molecule is O=C(O)C1CN(C(=O)C2CCC3CCCCC3C2)CCO1. The van der Waals surface area contributed by atoms with Crippen molar-refractivity contribution in [3.63, 3.8) is 0 Å². The number of amides is 1. The van der Waals surface area contributed by atoms with Gasteiger partial charge in [-0.25, -0.2) is 4.79 Å². The number of hydrogen-bond donors (Lipinski definition) is 1. The van der Waals surface area contributed by atoms with Crippen LogP contribution in [0.5, 0.6) is 0 Å². The molecule has 5 nitrogen and oxygen atoms in total. The van der Waals surface area contributed by atoms with Crippen molar-refractivity contribution in [2.24, 2.45) is 17.8 Å². The lowest BCUT2D eigenvalue weighted by Crippen LogP contribution is -2.51. The summed E-state index contributed by atoms with van der Waals surface area (Å²) in [5.41, 5.74) is 0. The van der Waals surface area contributed by atoms with Gasteiger partial charge in [-0.3, -0.25) is 4.79 Å². The Labute approximate surface area is 125 Å². The average molecular weight is 295 g/mol. The first-order valence-corrected chi connectivity index (χ1v) is 8.28. The van der Waals surface area contributed by atoms with E-state index in [4.69, 9.17) is 9.84 Å². The van der Waals surface area contributed by atoms with Gasteiger partial charge in [0.25, 0.3) is 0 Å². The molecule has 3 aliphatic rings. The summed E-state index contributed by atoms with van der Waals surface area (Å²) in [5.74, 6) is 0.853. The van der Waals surface area contributed by atoms with Crippen LogP contribution in [0.15, 0.2) is 0 Å². The third kappa shape index (κ3) is 3.23. The first kappa shape index (κ1) is 14.8. The van der Waals surface area contributed by atoms with Crippen LogP contribution in [0.2, 0.25) is 0 Å². The summed E-state index contributed by atoms with van der Waals surface area (Å²) in [4.78, 5) is 25.4. The number of carboxylic acids is 1. The second-order valence-corrected chi connectivity index (χ2v) is 6.80. The lowest BCUT2D eigenvalue weighted by atomic mass is 9.67. The summed E-state index contributed by atoms with van der Waals surface area (Å²) in [5, 5.41) is 9.04. The molecule has 1 heterocycles. The second kappa shape index (κ2) is 6.34. The van der Waals surface area contributed by atoms with E-state index in [-0.39, 0.29) is 18.4 Å². The molecule has 0 radical (unpaired) electrons. The molecular weight excluding hydrogens is 270 g/mol. The minimum absolute atomic E-state index is 0.108. The highest BCUT2D eigenvalue weighted by Gasteiger charge is 2.38. The van der Waals surface area contributed by atoms with Crippen molar-refractivity contribution in [1.82, 2.24) is 4.90 Å². The molecule has 2 saturated carbocycles. The number of carboxylic acid groups (broad SMARTS) is 1. The zero-order valence-corrected chi connectivity index (χ0v) is 12.5. The van der Waals surface area contributed by atoms with Gasteiger partial charge >= 0.3 is 5.97 Å². The van der Waals surface area contributed by atoms with Crippen molar-refractivity contribution in [3.8, 4) is 0 Å². The summed E-state index contributed by atoms with van der Waals surface area (Å²) in [6, 6.07) is 0. The molecule has 2 aliphatic carbocycles. The Kier molecular flexibility index (Phi) is 4.48. The zero-order valence-electron chi connectivity index (χ0n) is 12.5. The third-order valence-electron chi connectivity index (χ3n) is 5.54. The third-order valence-corrected chi connectivity index (χ3v) is 5.54. The Morgan fingerprint density at radius 3 is 2.57 bits per heavy atom. The van der Waals surface area contributed by atoms with Crippen LogP contribution in [0.1, 0.15) is 44.9 Å². The van der Waals surface area contributed by atoms with E-state index in [2.05, 4.69) is 0 Å². The van der Waals surface area contributed by atoms with Crippen LogP contribution in [0.3, 0.4) is 0 Å². The second-order valence-electron chi connectivity index (χ2n) is 6.80. The van der Waals surface area contributed by atoms with Crippen LogP contribution < -0.4 is 0 Å². The fourth-order valence-corrected chi connectivity index (χ4v) is 4.35. The predicted molar refractivity (Wildman–Crippen MR) is 76.7 cm³/mol. The van der Waals surface area contributed by atoms with Gasteiger partial charge in [-0.2, -0.15) is 0 Å². The van der Waals surface area contributed by atoms with E-state index >= 15 is 0 Å². The monoisotopic (exact) mass is 295 g/mol. The van der Waals surface area contributed by atoms with Gasteiger partial charge in [0.1, 0.15) is 0 Å². The quantitative estimate of drug-likeness (QED) is 0.845. The summed E-state index contributed by atoms with van der Waals surface area (Å²) >= 11 is 0. The van der Waals surface area contributed by atoms with Crippen LogP contribution in [0.25, 0.3) is 0 Å². The molecule has 3 fully saturated rings. The maximum atomic E-state index is 12.7. The Balaban J connectivity index is 1.58. The van der Waals surface area contributed by atoms with Crippen LogP contribution >= 0.6 is 0 Å². The molecule has 1 amide bonds. The van der Waals surface area contributed by atoms with Gasteiger partial charge in [0, 0.05) is 12.5 Å². The minimum atomic E-state index is -0.969. The first-order valence-electron chi connectivity index (χ1n) is 8.28. The van der Waals surface area contributed by atoms with Gasteiger partial charge in [0.15, 0.2) is 6.10 Å². The normalized spacial score (nSPS) is 36.9. The van der Waals surface area contributed by atoms with Gasteiger partial charge in [-0.15, -0.1) is 0 Å². The number of morpholine rings is 1. The summed E-state index contributed by atoms with van der Waals surface area (Å²) in [7, 11) is 0. The maximum absolute atomic E-state index is 12.7. The van der Waals surface area contributed by atoms with Crippen molar-refractivity contribution < 1.29 is 19.4 Å². The van der Waals surface area contributed by atoms with Gasteiger partial charge in [0.05, 0.1) is 13.2 Å². The highest BCUT2D eigenvalue weighted by Crippen LogP contribution is 2.43. The average Bonchev–Trinajstić information content (AvgIpc) is 2.53. The molecule has 21 heavy (non-hydrogen) atoms. The van der Waals surface area contributed by atoms with E-state index in [0.717, 1.165) is 24.7 Å². The van der Waals surface area contributed by atoms with Crippen LogP contribution in [0, 0.1) is 17.8 Å². The number of aliphatic carboxylic acids is 1. The molecule has 1 aliphatic heterocycles. The molecule has 1 N–H and O–H groups in total. The number of carbonyl (C=O) groups is 2. The molecule has 0 bridgehead atoms. The molecule has 0 aromatic carbocycles. The fourth-order valence-electron chi connectivity index (χ4n) is 4.35. The van der Waals surface area contributed by atoms with E-state index in [1.807, 2.05) is 0 Å². The smallest absolute Gasteiger partial charge is 0.334 e. The van der Waals surface area contributed by atoms with Gasteiger partial charge in [-0.1, -0.05) is 25.7 Å². The Bertz CT molecular complexity index is 411. The standard InChI is InChI=1S/C16H25NO4/c18-15(17-7-8-21-14(10-17)16(19)20)13-6-5-11-3-1-2-4-12(11)9-13/h11-14H,1-10H2,(H,19,20). The molecule has 0 aromatic rings. The van der Waals surface area contributed by atoms with E-state index in [1.165, 1.54) is 32.1 Å². The molecule has 4 unspecified atom stereocenters. The van der Waals surface area contributed by atoms with Crippen LogP contribution in [-0.2, 0) is 14.3 Å². The number of fused-ring (bicyclic) bond motifs is 1. The lowest BCUT2D eigenvalue weighted by Gasteiger charge is -2.41. The topological polar surface area (TPSA) is 66.8 Å². The number of carbonyl (C=O) groups excluding carboxylic acids is 1. The molecule has 118 valence electrons. The van der Waals surface area contributed by atoms with Crippen LogP contribution in [-0.4, -0.2) is 47.7 Å². The summed E-state index contributed by atoms with van der Waals surface area (Å²) in [6.07, 6.45) is 7.58. The zero-order chi connectivity index (χ0) is 14.8. The molecule has 0 spiro atoms. The fraction of sp³-hybridized carbons (Fsp3) is 0.875. The Morgan fingerprint density at radius 2 is 1.81 bits per heavy atom.